The third kappa shape index (κ3) is 4.89. The topological polar surface area (TPSA) is 15.3 Å². The molecule has 118 valence electrons. The van der Waals surface area contributed by atoms with Crippen LogP contribution in [0.25, 0.3) is 0 Å². The van der Waals surface area contributed by atoms with Crippen LogP contribution in [0.15, 0.2) is 18.2 Å². The summed E-state index contributed by atoms with van der Waals surface area (Å²) in [7, 11) is 2.20. The second kappa shape index (κ2) is 8.05. The first kappa shape index (κ1) is 16.6. The molecule has 0 spiro atoms. The van der Waals surface area contributed by atoms with Crippen molar-refractivity contribution in [2.75, 3.05) is 11.9 Å². The monoisotopic (exact) mass is 308 g/mol. The average molecular weight is 309 g/mol. The van der Waals surface area contributed by atoms with Gasteiger partial charge in [0, 0.05) is 25.7 Å². The van der Waals surface area contributed by atoms with Gasteiger partial charge in [0.15, 0.2) is 0 Å². The van der Waals surface area contributed by atoms with Crippen molar-refractivity contribution in [2.24, 2.45) is 0 Å². The second-order valence-electron chi connectivity index (χ2n) is 6.58. The number of anilines is 1. The van der Waals surface area contributed by atoms with Crippen LogP contribution < -0.4 is 10.2 Å². The maximum Gasteiger partial charge on any atom is 0.0642 e. The number of halogens is 1. The predicted molar refractivity (Wildman–Crippen MR) is 93.3 cm³/mol. The van der Waals surface area contributed by atoms with E-state index in [1.54, 1.807) is 0 Å². The smallest absolute Gasteiger partial charge is 0.0642 e. The van der Waals surface area contributed by atoms with Gasteiger partial charge in [-0.1, -0.05) is 57.2 Å². The van der Waals surface area contributed by atoms with Crippen LogP contribution in [0, 0.1) is 0 Å². The Bertz CT molecular complexity index is 437. The largest absolute Gasteiger partial charge is 0.370 e. The van der Waals surface area contributed by atoms with Gasteiger partial charge in [0.05, 0.1) is 10.7 Å². The zero-order chi connectivity index (χ0) is 15.2. The molecule has 0 saturated heterocycles. The quantitative estimate of drug-likeness (QED) is 0.770. The molecular formula is C18H29ClN2. The second-order valence-corrected chi connectivity index (χ2v) is 6.98. The molecule has 0 heterocycles. The van der Waals surface area contributed by atoms with Crippen LogP contribution in [0.1, 0.15) is 57.9 Å². The van der Waals surface area contributed by atoms with Crippen molar-refractivity contribution in [3.63, 3.8) is 0 Å². The Hall–Kier alpha value is -0.730. The van der Waals surface area contributed by atoms with E-state index in [-0.39, 0.29) is 0 Å². The van der Waals surface area contributed by atoms with E-state index in [1.165, 1.54) is 49.8 Å². The van der Waals surface area contributed by atoms with Crippen molar-refractivity contribution in [1.29, 1.82) is 0 Å². The lowest BCUT2D eigenvalue weighted by Crippen LogP contribution is -2.31. The fraction of sp³-hybridized carbons (Fsp3) is 0.667. The summed E-state index contributed by atoms with van der Waals surface area (Å²) in [6.45, 7) is 5.20. The molecule has 1 fully saturated rings. The molecule has 1 N–H and O–H groups in total. The average Bonchev–Trinajstić information content (AvgIpc) is 2.73. The standard InChI is InChI=1S/C18H29ClN2/c1-14(2)20-13-15-10-11-18(17(19)12-15)21(3)16-8-6-4-5-7-9-16/h10-12,14,16,20H,4-9,13H2,1-3H3. The Morgan fingerprint density at radius 1 is 1.19 bits per heavy atom. The minimum Gasteiger partial charge on any atom is -0.370 e. The molecule has 1 aliphatic rings. The lowest BCUT2D eigenvalue weighted by Gasteiger charge is -2.30. The Kier molecular flexibility index (Phi) is 6.38. The van der Waals surface area contributed by atoms with Crippen molar-refractivity contribution in [2.45, 2.75) is 71.0 Å². The van der Waals surface area contributed by atoms with E-state index in [4.69, 9.17) is 11.6 Å². The number of hydrogen-bond donors (Lipinski definition) is 1. The number of benzene rings is 1. The highest BCUT2D eigenvalue weighted by Gasteiger charge is 2.19. The molecule has 1 aromatic rings. The van der Waals surface area contributed by atoms with Crippen LogP contribution in [-0.4, -0.2) is 19.1 Å². The highest BCUT2D eigenvalue weighted by molar-refractivity contribution is 6.33. The molecule has 0 aliphatic heterocycles. The first-order valence-electron chi connectivity index (χ1n) is 8.32. The third-order valence-electron chi connectivity index (χ3n) is 4.48. The van der Waals surface area contributed by atoms with E-state index in [2.05, 4.69) is 49.3 Å². The maximum absolute atomic E-state index is 6.53. The molecular weight excluding hydrogens is 280 g/mol. The third-order valence-corrected chi connectivity index (χ3v) is 4.78. The number of hydrogen-bond acceptors (Lipinski definition) is 2. The van der Waals surface area contributed by atoms with Gasteiger partial charge >= 0.3 is 0 Å². The first-order valence-corrected chi connectivity index (χ1v) is 8.70. The van der Waals surface area contributed by atoms with Gasteiger partial charge in [-0.15, -0.1) is 0 Å². The maximum atomic E-state index is 6.53. The van der Waals surface area contributed by atoms with E-state index in [0.29, 0.717) is 12.1 Å². The highest BCUT2D eigenvalue weighted by Crippen LogP contribution is 2.31. The van der Waals surface area contributed by atoms with Crippen LogP contribution in [-0.2, 0) is 6.54 Å². The van der Waals surface area contributed by atoms with Crippen molar-refractivity contribution in [3.05, 3.63) is 28.8 Å². The van der Waals surface area contributed by atoms with Crippen molar-refractivity contribution in [3.8, 4) is 0 Å². The lowest BCUT2D eigenvalue weighted by atomic mass is 10.1. The molecule has 1 saturated carbocycles. The van der Waals surface area contributed by atoms with Gasteiger partial charge in [-0.05, 0) is 30.5 Å². The van der Waals surface area contributed by atoms with Gasteiger partial charge in [-0.2, -0.15) is 0 Å². The van der Waals surface area contributed by atoms with Crippen LogP contribution in [0.5, 0.6) is 0 Å². The van der Waals surface area contributed by atoms with Crippen LogP contribution >= 0.6 is 11.6 Å². The molecule has 0 radical (unpaired) electrons. The van der Waals surface area contributed by atoms with Gasteiger partial charge in [-0.25, -0.2) is 0 Å². The SMILES string of the molecule is CC(C)NCc1ccc(N(C)C2CCCCCC2)c(Cl)c1. The summed E-state index contributed by atoms with van der Waals surface area (Å²) >= 11 is 6.53. The Balaban J connectivity index is 2.04. The molecule has 1 aliphatic carbocycles. The van der Waals surface area contributed by atoms with E-state index in [9.17, 15) is 0 Å². The lowest BCUT2D eigenvalue weighted by molar-refractivity contribution is 0.553. The molecule has 1 aromatic carbocycles. The zero-order valence-electron chi connectivity index (χ0n) is 13.7. The summed E-state index contributed by atoms with van der Waals surface area (Å²) in [4.78, 5) is 2.40. The molecule has 2 rings (SSSR count). The molecule has 3 heteroatoms. The Labute approximate surface area is 134 Å². The fourth-order valence-corrected chi connectivity index (χ4v) is 3.45. The first-order chi connectivity index (χ1) is 10.1. The fourth-order valence-electron chi connectivity index (χ4n) is 3.11. The number of nitrogens with zero attached hydrogens (tertiary/aromatic N) is 1. The Morgan fingerprint density at radius 2 is 1.86 bits per heavy atom. The highest BCUT2D eigenvalue weighted by atomic mass is 35.5. The van der Waals surface area contributed by atoms with Gasteiger partial charge in [-0.3, -0.25) is 0 Å². The molecule has 0 aromatic heterocycles. The summed E-state index contributed by atoms with van der Waals surface area (Å²) in [5.74, 6) is 0. The minimum absolute atomic E-state index is 0.497. The Morgan fingerprint density at radius 3 is 2.43 bits per heavy atom. The molecule has 2 nitrogen and oxygen atoms in total. The van der Waals surface area contributed by atoms with E-state index >= 15 is 0 Å². The van der Waals surface area contributed by atoms with E-state index in [0.717, 1.165) is 11.6 Å². The summed E-state index contributed by atoms with van der Waals surface area (Å²) in [5, 5.41) is 4.32. The van der Waals surface area contributed by atoms with Gasteiger partial charge in [0.2, 0.25) is 0 Å². The normalized spacial score (nSPS) is 17.0. The number of rotatable bonds is 5. The molecule has 21 heavy (non-hydrogen) atoms. The van der Waals surface area contributed by atoms with Crippen molar-refractivity contribution in [1.82, 2.24) is 5.32 Å². The molecule has 0 bridgehead atoms. The zero-order valence-corrected chi connectivity index (χ0v) is 14.4. The van der Waals surface area contributed by atoms with Gasteiger partial charge in [0.1, 0.15) is 0 Å². The molecule has 0 unspecified atom stereocenters. The van der Waals surface area contributed by atoms with E-state index < -0.39 is 0 Å². The summed E-state index contributed by atoms with van der Waals surface area (Å²) in [6.07, 6.45) is 8.06. The molecule has 0 atom stereocenters. The van der Waals surface area contributed by atoms with Crippen LogP contribution in [0.2, 0.25) is 5.02 Å². The van der Waals surface area contributed by atoms with Crippen LogP contribution in [0.3, 0.4) is 0 Å². The summed E-state index contributed by atoms with van der Waals surface area (Å²) < 4.78 is 0. The molecule has 0 amide bonds. The van der Waals surface area contributed by atoms with Crippen molar-refractivity contribution < 1.29 is 0 Å². The summed E-state index contributed by atoms with van der Waals surface area (Å²) in [6, 6.07) is 7.63. The van der Waals surface area contributed by atoms with Gasteiger partial charge < -0.3 is 10.2 Å². The van der Waals surface area contributed by atoms with Gasteiger partial charge in [0.25, 0.3) is 0 Å². The van der Waals surface area contributed by atoms with Crippen molar-refractivity contribution >= 4 is 17.3 Å². The minimum atomic E-state index is 0.497. The van der Waals surface area contributed by atoms with E-state index in [1.807, 2.05) is 0 Å². The summed E-state index contributed by atoms with van der Waals surface area (Å²) in [5.41, 5.74) is 2.43. The number of nitrogens with one attached hydrogen (secondary N) is 1. The predicted octanol–water partition coefficient (Wildman–Crippen LogP) is 5.00. The van der Waals surface area contributed by atoms with Crippen LogP contribution in [0.4, 0.5) is 5.69 Å².